The predicted molar refractivity (Wildman–Crippen MR) is 211 cm³/mol. The summed E-state index contributed by atoms with van der Waals surface area (Å²) in [6.07, 6.45) is 0. The zero-order chi connectivity index (χ0) is 41.1. The molecule has 7 rings (SSSR count). The lowest BCUT2D eigenvalue weighted by atomic mass is 10.0. The monoisotopic (exact) mass is 767 g/mol. The minimum absolute atomic E-state index is 0.0271. The molecule has 0 bridgehead atoms. The molecule has 57 heavy (non-hydrogen) atoms. The van der Waals surface area contributed by atoms with Crippen molar-refractivity contribution in [2.24, 2.45) is 0 Å². The van der Waals surface area contributed by atoms with Gasteiger partial charge in [-0.15, -0.1) is 0 Å². The number of aromatic hydroxyl groups is 4. The quantitative estimate of drug-likeness (QED) is 0.0411. The number of para-hydroxylation sites is 2. The molecule has 0 aromatic heterocycles. The molecular formula is C44H33NO12. The number of anilines is 2. The first-order valence-corrected chi connectivity index (χ1v) is 16.8. The Hall–Kier alpha value is -8.32. The summed E-state index contributed by atoms with van der Waals surface area (Å²) in [7, 11) is 0. The minimum atomic E-state index is -1.07. The Morgan fingerprint density at radius 3 is 1.37 bits per heavy atom. The molecule has 0 saturated heterocycles. The first kappa shape index (κ1) is 39.9. The standard InChI is InChI=1S/C24H17NO6.C12H10O2.C8H6O4/c26-17-11-15-5-6-16(24(30)31-18-9-7-14(8-10-18)23(28)29)12-19(15)21(13-17)25-20-3-1-2-4-22(20)27;13-11-5-1-9(2-6-11)10-3-7-12(14)8-4-10;9-7(10)5-1-2-6(4-3-5)8(11)12/h1-13,25-27H,(H,28,29);1-8,13-14H;1-4H,(H,9,10)(H,11,12). The van der Waals surface area contributed by atoms with Gasteiger partial charge in [0.2, 0.25) is 0 Å². The summed E-state index contributed by atoms with van der Waals surface area (Å²) in [6.45, 7) is 0. The van der Waals surface area contributed by atoms with E-state index in [0.29, 0.717) is 22.1 Å². The van der Waals surface area contributed by atoms with Crippen molar-refractivity contribution in [1.82, 2.24) is 0 Å². The highest BCUT2D eigenvalue weighted by atomic mass is 16.5. The van der Waals surface area contributed by atoms with E-state index in [0.717, 1.165) is 11.1 Å². The van der Waals surface area contributed by atoms with E-state index in [1.807, 2.05) is 24.3 Å². The Morgan fingerprint density at radius 1 is 0.439 bits per heavy atom. The molecule has 8 N–H and O–H groups in total. The third kappa shape index (κ3) is 10.9. The number of nitrogens with one attached hydrogen (secondary N) is 1. The van der Waals surface area contributed by atoms with Crippen molar-refractivity contribution in [2.45, 2.75) is 0 Å². The maximum absolute atomic E-state index is 12.6. The highest BCUT2D eigenvalue weighted by Crippen LogP contribution is 2.34. The van der Waals surface area contributed by atoms with Gasteiger partial charge in [-0.05, 0) is 120 Å². The van der Waals surface area contributed by atoms with E-state index in [1.165, 1.54) is 60.7 Å². The number of carbonyl (C=O) groups is 4. The van der Waals surface area contributed by atoms with Crippen LogP contribution in [-0.2, 0) is 0 Å². The number of phenolic OH excluding ortho intramolecular Hbond substituents is 4. The zero-order valence-electron chi connectivity index (χ0n) is 29.6. The fraction of sp³-hybridized carbons (Fsp3) is 0. The Labute approximate surface area is 324 Å². The Bertz CT molecular complexity index is 2460. The van der Waals surface area contributed by atoms with Gasteiger partial charge >= 0.3 is 23.9 Å². The largest absolute Gasteiger partial charge is 0.508 e. The van der Waals surface area contributed by atoms with Crippen LogP contribution in [0.4, 0.5) is 11.4 Å². The molecule has 0 amide bonds. The van der Waals surface area contributed by atoms with Gasteiger partial charge in [-0.2, -0.15) is 0 Å². The molecular weight excluding hydrogens is 734 g/mol. The van der Waals surface area contributed by atoms with Crippen molar-refractivity contribution in [3.63, 3.8) is 0 Å². The Balaban J connectivity index is 0.000000196. The number of phenols is 4. The summed E-state index contributed by atoms with van der Waals surface area (Å²) in [4.78, 5) is 44.2. The molecule has 0 aliphatic rings. The van der Waals surface area contributed by atoms with Gasteiger partial charge in [0.05, 0.1) is 33.6 Å². The van der Waals surface area contributed by atoms with Crippen LogP contribution in [0.2, 0.25) is 0 Å². The van der Waals surface area contributed by atoms with E-state index < -0.39 is 23.9 Å². The van der Waals surface area contributed by atoms with Gasteiger partial charge < -0.3 is 45.8 Å². The Morgan fingerprint density at radius 2 is 0.895 bits per heavy atom. The lowest BCUT2D eigenvalue weighted by Crippen LogP contribution is -2.08. The van der Waals surface area contributed by atoms with Crippen LogP contribution in [0, 0.1) is 0 Å². The van der Waals surface area contributed by atoms with Crippen LogP contribution in [0.5, 0.6) is 28.7 Å². The van der Waals surface area contributed by atoms with Crippen molar-refractivity contribution in [3.05, 3.63) is 174 Å². The van der Waals surface area contributed by atoms with E-state index in [9.17, 15) is 29.4 Å². The van der Waals surface area contributed by atoms with E-state index >= 15 is 0 Å². The van der Waals surface area contributed by atoms with Crippen molar-refractivity contribution < 1.29 is 59.7 Å². The molecule has 0 aliphatic carbocycles. The molecule has 13 heteroatoms. The van der Waals surface area contributed by atoms with Gasteiger partial charge in [0, 0.05) is 11.5 Å². The summed E-state index contributed by atoms with van der Waals surface area (Å²) in [6, 6.07) is 39.0. The van der Waals surface area contributed by atoms with Gasteiger partial charge in [-0.25, -0.2) is 19.2 Å². The van der Waals surface area contributed by atoms with Gasteiger partial charge in [0.25, 0.3) is 0 Å². The SMILES string of the molecule is O=C(O)c1ccc(C(=O)O)cc1.O=C(O)c1ccc(OC(=O)c2ccc3cc(O)cc(Nc4ccccc4O)c3c2)cc1.Oc1ccc(-c2ccc(O)cc2)cc1. The van der Waals surface area contributed by atoms with Crippen molar-refractivity contribution in [2.75, 3.05) is 5.32 Å². The molecule has 0 radical (unpaired) electrons. The maximum Gasteiger partial charge on any atom is 0.343 e. The Kier molecular flexibility index (Phi) is 12.7. The van der Waals surface area contributed by atoms with Crippen LogP contribution in [0.25, 0.3) is 21.9 Å². The molecule has 0 unspecified atom stereocenters. The van der Waals surface area contributed by atoms with Crippen LogP contribution in [0.15, 0.2) is 152 Å². The molecule has 0 aliphatic heterocycles. The molecule has 0 atom stereocenters. The van der Waals surface area contributed by atoms with E-state index in [-0.39, 0.29) is 51.0 Å². The number of benzene rings is 7. The van der Waals surface area contributed by atoms with Crippen LogP contribution in [-0.4, -0.2) is 59.6 Å². The predicted octanol–water partition coefficient (Wildman–Crippen LogP) is 8.76. The smallest absolute Gasteiger partial charge is 0.343 e. The summed E-state index contributed by atoms with van der Waals surface area (Å²) in [5, 5.41) is 68.6. The number of carboxylic acids is 3. The number of hydrogen-bond acceptors (Lipinski definition) is 10. The van der Waals surface area contributed by atoms with Crippen molar-refractivity contribution in [3.8, 4) is 39.9 Å². The minimum Gasteiger partial charge on any atom is -0.508 e. The number of carboxylic acid groups (broad SMARTS) is 3. The number of esters is 1. The lowest BCUT2D eigenvalue weighted by Gasteiger charge is -2.13. The van der Waals surface area contributed by atoms with E-state index in [1.54, 1.807) is 66.7 Å². The van der Waals surface area contributed by atoms with Crippen LogP contribution in [0.3, 0.4) is 0 Å². The first-order chi connectivity index (χ1) is 27.3. The van der Waals surface area contributed by atoms with Crippen LogP contribution < -0.4 is 10.1 Å². The fourth-order valence-corrected chi connectivity index (χ4v) is 5.19. The summed E-state index contributed by atoms with van der Waals surface area (Å²) in [5.74, 6) is -3.02. The van der Waals surface area contributed by atoms with Crippen molar-refractivity contribution in [1.29, 1.82) is 0 Å². The summed E-state index contributed by atoms with van der Waals surface area (Å²) < 4.78 is 5.34. The van der Waals surface area contributed by atoms with Gasteiger partial charge in [-0.1, -0.05) is 42.5 Å². The van der Waals surface area contributed by atoms with Crippen LogP contribution in [0.1, 0.15) is 41.4 Å². The average molecular weight is 768 g/mol. The third-order valence-electron chi connectivity index (χ3n) is 8.11. The molecule has 0 heterocycles. The fourth-order valence-electron chi connectivity index (χ4n) is 5.19. The lowest BCUT2D eigenvalue weighted by molar-refractivity contribution is 0.0681. The molecule has 7 aromatic rings. The number of hydrogen-bond donors (Lipinski definition) is 8. The average Bonchev–Trinajstić information content (AvgIpc) is 3.20. The van der Waals surface area contributed by atoms with E-state index in [4.69, 9.17) is 30.3 Å². The van der Waals surface area contributed by atoms with Gasteiger partial charge in [0.1, 0.15) is 28.7 Å². The van der Waals surface area contributed by atoms with Gasteiger partial charge in [0.15, 0.2) is 0 Å². The zero-order valence-corrected chi connectivity index (χ0v) is 29.6. The third-order valence-corrected chi connectivity index (χ3v) is 8.11. The number of carbonyl (C=O) groups excluding carboxylic acids is 1. The molecule has 0 saturated carbocycles. The summed E-state index contributed by atoms with van der Waals surface area (Å²) in [5.41, 5.74) is 3.49. The topological polar surface area (TPSA) is 231 Å². The number of aromatic carboxylic acids is 3. The molecule has 286 valence electrons. The number of fused-ring (bicyclic) bond motifs is 1. The number of ether oxygens (including phenoxy) is 1. The van der Waals surface area contributed by atoms with Gasteiger partial charge in [-0.3, -0.25) is 0 Å². The van der Waals surface area contributed by atoms with E-state index in [2.05, 4.69) is 5.32 Å². The number of rotatable bonds is 8. The second kappa shape index (κ2) is 18.1. The second-order valence-corrected chi connectivity index (χ2v) is 12.1. The molecule has 7 aromatic carbocycles. The van der Waals surface area contributed by atoms with Crippen molar-refractivity contribution >= 4 is 46.0 Å². The molecule has 0 fully saturated rings. The highest BCUT2D eigenvalue weighted by Gasteiger charge is 2.14. The first-order valence-electron chi connectivity index (χ1n) is 16.8. The maximum atomic E-state index is 12.6. The molecule has 0 spiro atoms. The highest BCUT2D eigenvalue weighted by molar-refractivity contribution is 6.02. The van der Waals surface area contributed by atoms with Crippen LogP contribution >= 0.6 is 0 Å². The molecule has 13 nitrogen and oxygen atoms in total. The second-order valence-electron chi connectivity index (χ2n) is 12.1. The summed E-state index contributed by atoms with van der Waals surface area (Å²) >= 11 is 0. The normalized spacial score (nSPS) is 10.2.